The number of aliphatic imine (C=N–C) groups is 1. The first-order valence-corrected chi connectivity index (χ1v) is 9.99. The number of nitrogens with zero attached hydrogens (tertiary/aromatic N) is 1. The predicted octanol–water partition coefficient (Wildman–Crippen LogP) is 2.57. The number of hydrogen-bond acceptors (Lipinski definition) is 5. The Morgan fingerprint density at radius 3 is 3.00 bits per heavy atom. The molecule has 1 saturated heterocycles. The number of guanidine groups is 1. The molecule has 0 spiro atoms. The molecule has 0 radical (unpaired) electrons. The van der Waals surface area contributed by atoms with Crippen molar-refractivity contribution in [3.05, 3.63) is 22.4 Å². The molecule has 0 bridgehead atoms. The summed E-state index contributed by atoms with van der Waals surface area (Å²) in [4.78, 5) is 4.51. The second-order valence-electron chi connectivity index (χ2n) is 6.57. The highest BCUT2D eigenvalue weighted by molar-refractivity contribution is 14.0. The van der Waals surface area contributed by atoms with Crippen molar-refractivity contribution in [2.45, 2.75) is 32.3 Å². The summed E-state index contributed by atoms with van der Waals surface area (Å²) in [6, 6.07) is 1.94. The van der Waals surface area contributed by atoms with Gasteiger partial charge in [-0.05, 0) is 49.1 Å². The molecule has 6 nitrogen and oxygen atoms in total. The summed E-state index contributed by atoms with van der Waals surface area (Å²) in [6.07, 6.45) is 2.03. The molecular weight excluding hydrogens is 465 g/mol. The van der Waals surface area contributed by atoms with Crippen LogP contribution in [0.5, 0.6) is 0 Å². The number of rotatable bonds is 10. The number of hydrogen-bond donors (Lipinski definition) is 3. The van der Waals surface area contributed by atoms with E-state index < -0.39 is 5.60 Å². The van der Waals surface area contributed by atoms with E-state index >= 15 is 0 Å². The van der Waals surface area contributed by atoms with E-state index in [-0.39, 0.29) is 24.0 Å². The maximum Gasteiger partial charge on any atom is 0.191 e. The Morgan fingerprint density at radius 2 is 2.35 bits per heavy atom. The van der Waals surface area contributed by atoms with E-state index in [1.165, 1.54) is 0 Å². The number of thiophene rings is 1. The SMILES string of the molecule is CCNC(=NCC(C)(O)c1ccsc1)NCCCOCC1CCOC1.I. The van der Waals surface area contributed by atoms with Gasteiger partial charge >= 0.3 is 0 Å². The minimum atomic E-state index is -0.950. The minimum absolute atomic E-state index is 0. The van der Waals surface area contributed by atoms with Crippen LogP contribution in [-0.2, 0) is 15.1 Å². The van der Waals surface area contributed by atoms with Gasteiger partial charge in [-0.2, -0.15) is 11.3 Å². The Kier molecular flexibility index (Phi) is 11.7. The molecule has 2 atom stereocenters. The van der Waals surface area contributed by atoms with E-state index in [0.29, 0.717) is 12.5 Å². The molecule has 1 fully saturated rings. The standard InChI is InChI=1S/C18H31N3O3S.HI/c1-3-19-17(21-14-18(2,22)16-6-10-25-13-16)20-7-4-8-23-11-15-5-9-24-12-15;/h6,10,13,15,22H,3-5,7-9,11-12,14H2,1-2H3,(H2,19,20,21);1H. The molecule has 2 rings (SSSR count). The molecule has 26 heavy (non-hydrogen) atoms. The largest absolute Gasteiger partial charge is 0.383 e. The van der Waals surface area contributed by atoms with Crippen molar-refractivity contribution in [2.75, 3.05) is 46.1 Å². The molecule has 150 valence electrons. The van der Waals surface area contributed by atoms with E-state index in [0.717, 1.165) is 63.9 Å². The van der Waals surface area contributed by atoms with Gasteiger partial charge in [0, 0.05) is 32.2 Å². The average Bonchev–Trinajstić information content (AvgIpc) is 3.29. The number of halogens is 1. The van der Waals surface area contributed by atoms with Gasteiger partial charge in [0.15, 0.2) is 5.96 Å². The first kappa shape index (κ1) is 23.6. The van der Waals surface area contributed by atoms with Crippen molar-refractivity contribution in [1.29, 1.82) is 0 Å². The van der Waals surface area contributed by atoms with E-state index in [4.69, 9.17) is 9.47 Å². The van der Waals surface area contributed by atoms with Gasteiger partial charge in [0.25, 0.3) is 0 Å². The van der Waals surface area contributed by atoms with Crippen LogP contribution in [0.2, 0.25) is 0 Å². The van der Waals surface area contributed by atoms with Crippen LogP contribution in [0.4, 0.5) is 0 Å². The van der Waals surface area contributed by atoms with Crippen molar-refractivity contribution in [3.8, 4) is 0 Å². The molecule has 0 saturated carbocycles. The van der Waals surface area contributed by atoms with Gasteiger partial charge in [-0.1, -0.05) is 0 Å². The molecular formula is C18H32IN3O3S. The zero-order valence-electron chi connectivity index (χ0n) is 15.7. The van der Waals surface area contributed by atoms with Crippen molar-refractivity contribution in [3.63, 3.8) is 0 Å². The maximum absolute atomic E-state index is 10.6. The normalized spacial score (nSPS) is 19.7. The zero-order valence-corrected chi connectivity index (χ0v) is 18.8. The van der Waals surface area contributed by atoms with Gasteiger partial charge in [0.05, 0.1) is 19.8 Å². The smallest absolute Gasteiger partial charge is 0.191 e. The third-order valence-corrected chi connectivity index (χ3v) is 4.85. The Morgan fingerprint density at radius 1 is 1.50 bits per heavy atom. The molecule has 2 unspecified atom stereocenters. The first-order valence-electron chi connectivity index (χ1n) is 9.04. The topological polar surface area (TPSA) is 75.1 Å². The van der Waals surface area contributed by atoms with Gasteiger partial charge in [0.1, 0.15) is 5.60 Å². The highest BCUT2D eigenvalue weighted by atomic mass is 127. The molecule has 1 aliphatic heterocycles. The number of nitrogens with one attached hydrogen (secondary N) is 2. The molecule has 1 aromatic heterocycles. The fraction of sp³-hybridized carbons (Fsp3) is 0.722. The average molecular weight is 497 g/mol. The van der Waals surface area contributed by atoms with Gasteiger partial charge in [0.2, 0.25) is 0 Å². The van der Waals surface area contributed by atoms with Crippen LogP contribution < -0.4 is 10.6 Å². The third kappa shape index (κ3) is 8.51. The fourth-order valence-electron chi connectivity index (χ4n) is 2.58. The maximum atomic E-state index is 10.6. The lowest BCUT2D eigenvalue weighted by atomic mass is 10.00. The minimum Gasteiger partial charge on any atom is -0.383 e. The number of ether oxygens (including phenoxy) is 2. The second-order valence-corrected chi connectivity index (χ2v) is 7.35. The molecule has 1 aliphatic rings. The highest BCUT2D eigenvalue weighted by Crippen LogP contribution is 2.23. The molecule has 0 aliphatic carbocycles. The molecule has 8 heteroatoms. The van der Waals surface area contributed by atoms with E-state index in [1.807, 2.05) is 23.8 Å². The van der Waals surface area contributed by atoms with Crippen LogP contribution in [0, 0.1) is 5.92 Å². The van der Waals surface area contributed by atoms with Crippen molar-refractivity contribution >= 4 is 41.3 Å². The highest BCUT2D eigenvalue weighted by Gasteiger charge is 2.23. The summed E-state index contributed by atoms with van der Waals surface area (Å²) in [5.41, 5.74) is -0.0455. The van der Waals surface area contributed by atoms with Crippen LogP contribution >= 0.6 is 35.3 Å². The van der Waals surface area contributed by atoms with Crippen LogP contribution in [0.1, 0.15) is 32.3 Å². The summed E-state index contributed by atoms with van der Waals surface area (Å²) in [5.74, 6) is 1.29. The summed E-state index contributed by atoms with van der Waals surface area (Å²) >= 11 is 1.58. The summed E-state index contributed by atoms with van der Waals surface area (Å²) < 4.78 is 11.0. The molecule has 0 amide bonds. The Bertz CT molecular complexity index is 506. The predicted molar refractivity (Wildman–Crippen MR) is 118 cm³/mol. The molecule has 3 N–H and O–H groups in total. The van der Waals surface area contributed by atoms with Gasteiger partial charge in [-0.3, -0.25) is 0 Å². The first-order chi connectivity index (χ1) is 12.1. The molecule has 1 aromatic rings. The Labute approximate surface area is 177 Å². The molecule has 2 heterocycles. The van der Waals surface area contributed by atoms with E-state index in [1.54, 1.807) is 18.3 Å². The van der Waals surface area contributed by atoms with Gasteiger partial charge in [-0.15, -0.1) is 24.0 Å². The summed E-state index contributed by atoms with van der Waals surface area (Å²) in [5, 5.41) is 21.0. The third-order valence-electron chi connectivity index (χ3n) is 4.17. The fourth-order valence-corrected chi connectivity index (χ4v) is 3.37. The van der Waals surface area contributed by atoms with Crippen LogP contribution in [0.25, 0.3) is 0 Å². The van der Waals surface area contributed by atoms with E-state index in [9.17, 15) is 5.11 Å². The monoisotopic (exact) mass is 497 g/mol. The lowest BCUT2D eigenvalue weighted by Gasteiger charge is -2.21. The van der Waals surface area contributed by atoms with Crippen LogP contribution in [0.15, 0.2) is 21.8 Å². The van der Waals surface area contributed by atoms with Crippen molar-refractivity contribution < 1.29 is 14.6 Å². The zero-order chi connectivity index (χ0) is 18.0. The van der Waals surface area contributed by atoms with Crippen LogP contribution in [-0.4, -0.2) is 57.1 Å². The quantitative estimate of drug-likeness (QED) is 0.201. The summed E-state index contributed by atoms with van der Waals surface area (Å²) in [6.45, 7) is 8.93. The van der Waals surface area contributed by atoms with Crippen LogP contribution in [0.3, 0.4) is 0 Å². The van der Waals surface area contributed by atoms with Gasteiger partial charge < -0.3 is 25.2 Å². The van der Waals surface area contributed by atoms with Crippen molar-refractivity contribution in [1.82, 2.24) is 10.6 Å². The van der Waals surface area contributed by atoms with Gasteiger partial charge in [-0.25, -0.2) is 4.99 Å². The number of aliphatic hydroxyl groups is 1. The Hall–Kier alpha value is -0.420. The second kappa shape index (κ2) is 12.9. The lowest BCUT2D eigenvalue weighted by molar-refractivity contribution is 0.0677. The molecule has 0 aromatic carbocycles. The summed E-state index contributed by atoms with van der Waals surface area (Å²) in [7, 11) is 0. The Balaban J connectivity index is 0.00000338. The lowest BCUT2D eigenvalue weighted by Crippen LogP contribution is -2.39. The van der Waals surface area contributed by atoms with E-state index in [2.05, 4.69) is 15.6 Å². The van der Waals surface area contributed by atoms with Crippen molar-refractivity contribution in [2.24, 2.45) is 10.9 Å².